The van der Waals surface area contributed by atoms with E-state index in [-0.39, 0.29) is 47.5 Å². The molecule has 2 aromatic rings. The van der Waals surface area contributed by atoms with Crippen molar-refractivity contribution in [3.63, 3.8) is 0 Å². The van der Waals surface area contributed by atoms with Crippen LogP contribution in [0.3, 0.4) is 0 Å². The SMILES string of the molecule is NC(=O)C1=C(O)C[C@@H]2C[C@@H]3Cc4c(-c5occc5C=O)ccc(O)c4C(=O)C3=C(O)[C@]2(O)C1=O. The molecule has 0 radical (unpaired) electrons. The van der Waals surface area contributed by atoms with Gasteiger partial charge in [0, 0.05) is 23.5 Å². The van der Waals surface area contributed by atoms with Crippen LogP contribution in [-0.2, 0) is 16.0 Å². The molecule has 1 aromatic heterocycles. The molecule has 10 heteroatoms. The summed E-state index contributed by atoms with van der Waals surface area (Å²) in [6.45, 7) is 0. The highest BCUT2D eigenvalue weighted by atomic mass is 16.3. The van der Waals surface area contributed by atoms with Gasteiger partial charge in [-0.3, -0.25) is 19.2 Å². The van der Waals surface area contributed by atoms with Gasteiger partial charge in [0.05, 0.1) is 17.4 Å². The Bertz CT molecular complexity index is 1380. The van der Waals surface area contributed by atoms with Gasteiger partial charge in [-0.1, -0.05) is 0 Å². The van der Waals surface area contributed by atoms with Crippen LogP contribution in [0.5, 0.6) is 5.75 Å². The van der Waals surface area contributed by atoms with E-state index in [2.05, 4.69) is 0 Å². The van der Waals surface area contributed by atoms with Crippen LogP contribution in [0.25, 0.3) is 11.3 Å². The van der Waals surface area contributed by atoms with Gasteiger partial charge in [-0.25, -0.2) is 0 Å². The molecule has 5 rings (SSSR count). The topological polar surface area (TPSA) is 188 Å². The lowest BCUT2D eigenvalue weighted by molar-refractivity contribution is -0.144. The Hall–Kier alpha value is -4.18. The zero-order valence-corrected chi connectivity index (χ0v) is 17.6. The minimum atomic E-state index is -2.62. The number of hydrogen-bond donors (Lipinski definition) is 5. The summed E-state index contributed by atoms with van der Waals surface area (Å²) in [4.78, 5) is 49.6. The molecule has 34 heavy (non-hydrogen) atoms. The Morgan fingerprint density at radius 3 is 2.56 bits per heavy atom. The number of primary amides is 1. The van der Waals surface area contributed by atoms with Crippen molar-refractivity contribution in [2.75, 3.05) is 0 Å². The summed E-state index contributed by atoms with van der Waals surface area (Å²) in [5.74, 6) is -6.74. The summed E-state index contributed by atoms with van der Waals surface area (Å²) in [5, 5.41) is 43.0. The molecule has 0 saturated carbocycles. The molecule has 1 aromatic carbocycles. The van der Waals surface area contributed by atoms with E-state index in [0.717, 1.165) is 0 Å². The molecule has 0 unspecified atom stereocenters. The monoisotopic (exact) mass is 465 g/mol. The maximum Gasteiger partial charge on any atom is 0.255 e. The predicted molar refractivity (Wildman–Crippen MR) is 114 cm³/mol. The standard InChI is InChI=1S/C24H19NO9/c25-23(32)18-15(28)7-11-5-10-6-13-12(20-9(8-26)3-4-34-20)1-2-14(27)17(13)19(29)16(10)21(30)24(11,33)22(18)31/h1-4,8,10-11,27-28,30,33H,5-7H2,(H2,25,32)/t10-,11+,24+/m1/s1. The van der Waals surface area contributed by atoms with Crippen molar-refractivity contribution in [2.45, 2.75) is 24.9 Å². The summed E-state index contributed by atoms with van der Waals surface area (Å²) >= 11 is 0. The minimum absolute atomic E-state index is 0.0106. The molecular formula is C24H19NO9. The van der Waals surface area contributed by atoms with E-state index in [4.69, 9.17) is 10.2 Å². The molecule has 3 aliphatic carbocycles. The maximum atomic E-state index is 13.5. The third-order valence-corrected chi connectivity index (χ3v) is 7.01. The molecule has 3 aliphatic rings. The number of aldehydes is 1. The molecule has 1 heterocycles. The quantitative estimate of drug-likeness (QED) is 0.331. The lowest BCUT2D eigenvalue weighted by Crippen LogP contribution is -2.57. The van der Waals surface area contributed by atoms with Crippen LogP contribution in [0.15, 0.2) is 51.5 Å². The highest BCUT2D eigenvalue weighted by molar-refractivity contribution is 6.24. The molecule has 0 bridgehead atoms. The first-order valence-electron chi connectivity index (χ1n) is 10.5. The first-order valence-corrected chi connectivity index (χ1v) is 10.5. The number of furan rings is 1. The first kappa shape index (κ1) is 21.7. The highest BCUT2D eigenvalue weighted by Gasteiger charge is 2.59. The number of aliphatic hydroxyl groups excluding tert-OH is 2. The number of hydrogen-bond acceptors (Lipinski definition) is 9. The van der Waals surface area contributed by atoms with Gasteiger partial charge in [-0.2, -0.15) is 0 Å². The molecule has 3 atom stereocenters. The minimum Gasteiger partial charge on any atom is -0.511 e. The fraction of sp³-hybridized carbons (Fsp3) is 0.250. The molecule has 0 saturated heterocycles. The van der Waals surface area contributed by atoms with Gasteiger partial charge in [-0.15, -0.1) is 0 Å². The van der Waals surface area contributed by atoms with Gasteiger partial charge in [0.15, 0.2) is 17.7 Å². The number of rotatable bonds is 3. The maximum absolute atomic E-state index is 13.5. The Kier molecular flexibility index (Phi) is 4.56. The Morgan fingerprint density at radius 1 is 1.15 bits per heavy atom. The summed E-state index contributed by atoms with van der Waals surface area (Å²) in [6.07, 6.45) is 1.73. The lowest BCUT2D eigenvalue weighted by atomic mass is 9.60. The van der Waals surface area contributed by atoms with Crippen molar-refractivity contribution in [3.05, 3.63) is 63.8 Å². The smallest absolute Gasteiger partial charge is 0.255 e. The Balaban J connectivity index is 1.70. The van der Waals surface area contributed by atoms with E-state index < -0.39 is 52.0 Å². The molecule has 0 aliphatic heterocycles. The van der Waals surface area contributed by atoms with Crippen LogP contribution in [0.4, 0.5) is 0 Å². The van der Waals surface area contributed by atoms with Gasteiger partial charge < -0.3 is 30.6 Å². The van der Waals surface area contributed by atoms with Crippen molar-refractivity contribution in [3.8, 4) is 17.1 Å². The average molecular weight is 465 g/mol. The lowest BCUT2D eigenvalue weighted by Gasteiger charge is -2.45. The molecule has 0 fully saturated rings. The fourth-order valence-corrected chi connectivity index (χ4v) is 5.46. The normalized spacial score (nSPS) is 26.1. The first-order chi connectivity index (χ1) is 16.1. The molecular weight excluding hydrogens is 446 g/mol. The molecule has 174 valence electrons. The number of aromatic hydroxyl groups is 1. The molecule has 1 amide bonds. The summed E-state index contributed by atoms with van der Waals surface area (Å²) in [7, 11) is 0. The van der Waals surface area contributed by atoms with E-state index in [1.807, 2.05) is 0 Å². The van der Waals surface area contributed by atoms with Crippen molar-refractivity contribution < 1.29 is 44.0 Å². The number of benzene rings is 1. The van der Waals surface area contributed by atoms with Crippen molar-refractivity contribution in [2.24, 2.45) is 17.6 Å². The third-order valence-electron chi connectivity index (χ3n) is 7.01. The number of phenolic OH excluding ortho intramolecular Hbond substituents is 1. The largest absolute Gasteiger partial charge is 0.511 e. The van der Waals surface area contributed by atoms with Crippen molar-refractivity contribution in [1.82, 2.24) is 0 Å². The van der Waals surface area contributed by atoms with Crippen LogP contribution in [0, 0.1) is 11.8 Å². The molecule has 6 N–H and O–H groups in total. The number of ketones is 2. The van der Waals surface area contributed by atoms with E-state index in [0.29, 0.717) is 17.4 Å². The number of amides is 1. The fourth-order valence-electron chi connectivity index (χ4n) is 5.46. The second kappa shape index (κ2) is 7.16. The van der Waals surface area contributed by atoms with Crippen molar-refractivity contribution >= 4 is 23.8 Å². The number of Topliss-reactive ketones (excluding diaryl/α,β-unsaturated/α-hetero) is 2. The zero-order valence-electron chi connectivity index (χ0n) is 17.6. The summed E-state index contributed by atoms with van der Waals surface area (Å²) in [5.41, 5.74) is 2.37. The van der Waals surface area contributed by atoms with Gasteiger partial charge in [-0.05, 0) is 42.5 Å². The van der Waals surface area contributed by atoms with Crippen LogP contribution in [0.2, 0.25) is 0 Å². The number of allylic oxidation sites excluding steroid dienone is 2. The summed E-state index contributed by atoms with van der Waals surface area (Å²) < 4.78 is 5.45. The van der Waals surface area contributed by atoms with Crippen LogP contribution >= 0.6 is 0 Å². The van der Waals surface area contributed by atoms with E-state index in [1.54, 1.807) is 0 Å². The number of aliphatic hydroxyl groups is 3. The number of phenols is 1. The summed E-state index contributed by atoms with van der Waals surface area (Å²) in [6, 6.07) is 4.22. The number of nitrogens with two attached hydrogens (primary N) is 1. The predicted octanol–water partition coefficient (Wildman–Crippen LogP) is 1.65. The van der Waals surface area contributed by atoms with Crippen molar-refractivity contribution in [1.29, 1.82) is 0 Å². The van der Waals surface area contributed by atoms with Crippen LogP contribution < -0.4 is 5.73 Å². The van der Waals surface area contributed by atoms with E-state index in [9.17, 15) is 39.6 Å². The second-order valence-corrected chi connectivity index (χ2v) is 8.72. The Morgan fingerprint density at radius 2 is 1.88 bits per heavy atom. The average Bonchev–Trinajstić information content (AvgIpc) is 3.24. The van der Waals surface area contributed by atoms with Gasteiger partial charge in [0.1, 0.15) is 28.6 Å². The van der Waals surface area contributed by atoms with E-state index in [1.165, 1.54) is 24.5 Å². The Labute approximate surface area is 191 Å². The molecule has 10 nitrogen and oxygen atoms in total. The number of fused-ring (bicyclic) bond motifs is 3. The zero-order chi connectivity index (χ0) is 24.5. The van der Waals surface area contributed by atoms with Crippen LogP contribution in [0.1, 0.15) is 39.1 Å². The second-order valence-electron chi connectivity index (χ2n) is 8.72. The third kappa shape index (κ3) is 2.65. The van der Waals surface area contributed by atoms with Gasteiger partial charge >= 0.3 is 0 Å². The highest BCUT2D eigenvalue weighted by Crippen LogP contribution is 2.52. The van der Waals surface area contributed by atoms with Gasteiger partial charge in [0.2, 0.25) is 5.78 Å². The van der Waals surface area contributed by atoms with Crippen LogP contribution in [-0.4, -0.2) is 49.8 Å². The molecule has 0 spiro atoms. The number of carbonyl (C=O) groups excluding carboxylic acids is 4. The van der Waals surface area contributed by atoms with E-state index >= 15 is 0 Å². The number of carbonyl (C=O) groups is 4. The van der Waals surface area contributed by atoms with Gasteiger partial charge in [0.25, 0.3) is 5.91 Å².